The smallest absolute Gasteiger partial charge is 0.357 e. The first-order chi connectivity index (χ1) is 10.9. The quantitative estimate of drug-likeness (QED) is 0.315. The Labute approximate surface area is 171 Å². The van der Waals surface area contributed by atoms with Crippen LogP contribution in [0.2, 0.25) is 0 Å². The van der Waals surface area contributed by atoms with E-state index in [4.69, 9.17) is 0 Å². The molecule has 134 valence electrons. The van der Waals surface area contributed by atoms with Gasteiger partial charge in [0.25, 0.3) is 0 Å². The molecule has 2 rings (SSSR count). The number of aromatic nitrogens is 1. The Morgan fingerprint density at radius 2 is 2.04 bits per heavy atom. The number of halogens is 5. The second-order valence-electron chi connectivity index (χ2n) is 4.40. The first kappa shape index (κ1) is 21.6. The van der Waals surface area contributed by atoms with E-state index in [1.54, 1.807) is 11.3 Å². The molecule has 0 amide bonds. The molecule has 0 spiro atoms. The first-order valence-corrected chi connectivity index (χ1v) is 9.20. The molecule has 2 aromatic heterocycles. The molecular weight excluding hydrogens is 540 g/mol. The van der Waals surface area contributed by atoms with Crippen LogP contribution in [-0.4, -0.2) is 17.5 Å². The van der Waals surface area contributed by atoms with Crippen molar-refractivity contribution in [3.63, 3.8) is 0 Å². The Bertz CT molecular complexity index is 672. The summed E-state index contributed by atoms with van der Waals surface area (Å²) in [5.41, 5.74) is -0.857. The lowest BCUT2D eigenvalue weighted by Gasteiger charge is -2.09. The molecule has 24 heavy (non-hydrogen) atoms. The summed E-state index contributed by atoms with van der Waals surface area (Å²) in [5.74, 6) is 0.542. The van der Waals surface area contributed by atoms with Gasteiger partial charge in [0.15, 0.2) is 11.7 Å². The SMILES string of the molecule is CCNC(=NCc1cc(Br)cs1)NCc1nc(C(F)(F)F)cs1.I. The number of guanidine groups is 1. The van der Waals surface area contributed by atoms with Crippen molar-refractivity contribution >= 4 is 68.5 Å². The number of nitrogens with zero attached hydrogens (tertiary/aromatic N) is 2. The van der Waals surface area contributed by atoms with Gasteiger partial charge >= 0.3 is 6.18 Å². The van der Waals surface area contributed by atoms with E-state index in [9.17, 15) is 13.2 Å². The third-order valence-corrected chi connectivity index (χ3v) is 5.14. The third kappa shape index (κ3) is 6.84. The van der Waals surface area contributed by atoms with E-state index in [0.717, 1.165) is 26.1 Å². The minimum Gasteiger partial charge on any atom is -0.357 e. The number of aliphatic imine (C=N–C) groups is 1. The zero-order valence-electron chi connectivity index (χ0n) is 12.5. The van der Waals surface area contributed by atoms with Crippen LogP contribution in [0.25, 0.3) is 0 Å². The van der Waals surface area contributed by atoms with Crippen molar-refractivity contribution in [2.45, 2.75) is 26.2 Å². The maximum Gasteiger partial charge on any atom is 0.434 e. The maximum atomic E-state index is 12.5. The standard InChI is InChI=1S/C13H14BrF3N4S2.HI/c1-2-18-12(19-4-9-3-8(14)6-22-9)20-5-11-21-10(7-23-11)13(15,16)17;/h3,6-7H,2,4-5H2,1H3,(H2,18,19,20);1H. The molecule has 0 unspecified atom stereocenters. The van der Waals surface area contributed by atoms with Gasteiger partial charge in [-0.1, -0.05) is 0 Å². The van der Waals surface area contributed by atoms with Crippen LogP contribution in [0.1, 0.15) is 22.5 Å². The molecule has 0 saturated heterocycles. The highest BCUT2D eigenvalue weighted by atomic mass is 127. The average molecular weight is 555 g/mol. The van der Waals surface area contributed by atoms with Crippen LogP contribution in [-0.2, 0) is 19.3 Å². The predicted octanol–water partition coefficient (Wildman–Crippen LogP) is 4.86. The van der Waals surface area contributed by atoms with Crippen LogP contribution in [0.5, 0.6) is 0 Å². The fraction of sp³-hybridized carbons (Fsp3) is 0.385. The molecule has 11 heteroatoms. The van der Waals surface area contributed by atoms with Crippen molar-refractivity contribution in [1.82, 2.24) is 15.6 Å². The highest BCUT2D eigenvalue weighted by Crippen LogP contribution is 2.29. The molecule has 2 heterocycles. The van der Waals surface area contributed by atoms with Gasteiger partial charge in [0, 0.05) is 26.7 Å². The molecule has 0 aliphatic carbocycles. The van der Waals surface area contributed by atoms with Crippen LogP contribution in [0, 0.1) is 0 Å². The van der Waals surface area contributed by atoms with Crippen LogP contribution < -0.4 is 10.6 Å². The molecule has 0 aliphatic heterocycles. The number of thiazole rings is 1. The van der Waals surface area contributed by atoms with E-state index in [2.05, 4.69) is 36.5 Å². The molecule has 4 nitrogen and oxygen atoms in total. The topological polar surface area (TPSA) is 49.3 Å². The maximum absolute atomic E-state index is 12.5. The van der Waals surface area contributed by atoms with E-state index in [1.165, 1.54) is 0 Å². The van der Waals surface area contributed by atoms with Gasteiger partial charge < -0.3 is 10.6 Å². The molecule has 2 N–H and O–H groups in total. The lowest BCUT2D eigenvalue weighted by molar-refractivity contribution is -0.140. The average Bonchev–Trinajstić information content (AvgIpc) is 3.10. The second kappa shape index (κ2) is 9.92. The Kier molecular flexibility index (Phi) is 8.95. The number of hydrogen-bond acceptors (Lipinski definition) is 4. The second-order valence-corrected chi connectivity index (χ2v) is 7.26. The highest BCUT2D eigenvalue weighted by Gasteiger charge is 2.33. The molecule has 0 saturated carbocycles. The van der Waals surface area contributed by atoms with Crippen molar-refractivity contribution in [1.29, 1.82) is 0 Å². The normalized spacial score (nSPS) is 12.0. The number of nitrogens with one attached hydrogen (secondary N) is 2. The summed E-state index contributed by atoms with van der Waals surface area (Å²) in [4.78, 5) is 9.07. The zero-order valence-corrected chi connectivity index (χ0v) is 18.0. The van der Waals surface area contributed by atoms with Gasteiger partial charge in [-0.2, -0.15) is 13.2 Å². The van der Waals surface area contributed by atoms with Crippen molar-refractivity contribution in [2.24, 2.45) is 4.99 Å². The van der Waals surface area contributed by atoms with Gasteiger partial charge in [0.05, 0.1) is 13.1 Å². The molecular formula is C13H15BrF3IN4S2. The Balaban J connectivity index is 0.00000288. The Hall–Kier alpha value is -0.400. The minimum atomic E-state index is -4.40. The monoisotopic (exact) mass is 554 g/mol. The Morgan fingerprint density at radius 3 is 2.58 bits per heavy atom. The minimum absolute atomic E-state index is 0. The van der Waals surface area contributed by atoms with E-state index in [-0.39, 0.29) is 30.5 Å². The summed E-state index contributed by atoms with van der Waals surface area (Å²) in [6.45, 7) is 3.27. The van der Waals surface area contributed by atoms with Crippen molar-refractivity contribution in [2.75, 3.05) is 6.54 Å². The number of thiophene rings is 1. The van der Waals surface area contributed by atoms with Gasteiger partial charge in [0.1, 0.15) is 5.01 Å². The summed E-state index contributed by atoms with van der Waals surface area (Å²) in [5, 5.41) is 9.40. The predicted molar refractivity (Wildman–Crippen MR) is 106 cm³/mol. The molecule has 2 aromatic rings. The lowest BCUT2D eigenvalue weighted by atomic mass is 10.5. The largest absolute Gasteiger partial charge is 0.434 e. The fourth-order valence-corrected chi connectivity index (χ4v) is 3.73. The molecule has 0 radical (unpaired) electrons. The van der Waals surface area contributed by atoms with E-state index in [0.29, 0.717) is 24.1 Å². The van der Waals surface area contributed by atoms with Crippen LogP contribution in [0.15, 0.2) is 26.3 Å². The van der Waals surface area contributed by atoms with Crippen LogP contribution in [0.4, 0.5) is 13.2 Å². The van der Waals surface area contributed by atoms with Crippen molar-refractivity contribution in [3.8, 4) is 0 Å². The van der Waals surface area contributed by atoms with Gasteiger partial charge in [-0.3, -0.25) is 0 Å². The van der Waals surface area contributed by atoms with Gasteiger partial charge in [0.2, 0.25) is 0 Å². The van der Waals surface area contributed by atoms with Gasteiger partial charge in [-0.05, 0) is 28.9 Å². The molecule has 0 aromatic carbocycles. The third-order valence-electron chi connectivity index (χ3n) is 2.61. The van der Waals surface area contributed by atoms with Crippen molar-refractivity contribution < 1.29 is 13.2 Å². The number of hydrogen-bond donors (Lipinski definition) is 2. The number of rotatable bonds is 5. The Morgan fingerprint density at radius 1 is 1.29 bits per heavy atom. The molecule has 0 bridgehead atoms. The highest BCUT2D eigenvalue weighted by molar-refractivity contribution is 14.0. The van der Waals surface area contributed by atoms with Gasteiger partial charge in [-0.15, -0.1) is 46.7 Å². The van der Waals surface area contributed by atoms with E-state index < -0.39 is 11.9 Å². The summed E-state index contributed by atoms with van der Waals surface area (Å²) in [7, 11) is 0. The molecule has 0 fully saturated rings. The molecule has 0 atom stereocenters. The fourth-order valence-electron chi connectivity index (χ4n) is 1.62. The summed E-state index contributed by atoms with van der Waals surface area (Å²) in [6.07, 6.45) is -4.40. The summed E-state index contributed by atoms with van der Waals surface area (Å²) >= 11 is 5.94. The first-order valence-electron chi connectivity index (χ1n) is 6.65. The summed E-state index contributed by atoms with van der Waals surface area (Å²) in [6, 6.07) is 1.98. The van der Waals surface area contributed by atoms with Crippen molar-refractivity contribution in [3.05, 3.63) is 36.9 Å². The lowest BCUT2D eigenvalue weighted by Crippen LogP contribution is -2.36. The number of alkyl halides is 3. The van der Waals surface area contributed by atoms with E-state index in [1.807, 2.05) is 18.4 Å². The summed E-state index contributed by atoms with van der Waals surface area (Å²) < 4.78 is 38.6. The van der Waals surface area contributed by atoms with Crippen LogP contribution >= 0.6 is 62.6 Å². The van der Waals surface area contributed by atoms with E-state index >= 15 is 0 Å². The van der Waals surface area contributed by atoms with Crippen LogP contribution in [0.3, 0.4) is 0 Å². The zero-order chi connectivity index (χ0) is 16.9. The van der Waals surface area contributed by atoms with Gasteiger partial charge in [-0.25, -0.2) is 9.98 Å². The molecule has 0 aliphatic rings.